The van der Waals surface area contributed by atoms with E-state index in [4.69, 9.17) is 0 Å². The Morgan fingerprint density at radius 3 is 2.07 bits per heavy atom. The number of hydrogen-bond acceptors (Lipinski definition) is 1. The minimum absolute atomic E-state index is 0.151. The second kappa shape index (κ2) is 14.2. The molecule has 0 N–H and O–H groups in total. The van der Waals surface area contributed by atoms with Crippen LogP contribution in [0.15, 0.2) is 241 Å². The number of anilines is 2. The maximum absolute atomic E-state index is 2.53. The number of allylic oxidation sites excluding steroid dienone is 13. The molecule has 1 heterocycles. The van der Waals surface area contributed by atoms with Crippen LogP contribution in [0.1, 0.15) is 24.8 Å². The summed E-state index contributed by atoms with van der Waals surface area (Å²) in [5.41, 5.74) is 15.2. The normalized spacial score (nSPS) is 20.8. The van der Waals surface area contributed by atoms with Crippen molar-refractivity contribution in [1.82, 2.24) is 4.57 Å². The van der Waals surface area contributed by atoms with Gasteiger partial charge in [-0.25, -0.2) is 0 Å². The van der Waals surface area contributed by atoms with E-state index in [0.717, 1.165) is 36.3 Å². The highest BCUT2D eigenvalue weighted by molar-refractivity contribution is 6.10. The van der Waals surface area contributed by atoms with Gasteiger partial charge >= 0.3 is 0 Å². The van der Waals surface area contributed by atoms with Gasteiger partial charge in [0.15, 0.2) is 0 Å². The molecule has 6 aromatic carbocycles. The molecule has 7 aromatic rings. The van der Waals surface area contributed by atoms with E-state index in [1.54, 1.807) is 5.57 Å². The third-order valence-corrected chi connectivity index (χ3v) is 12.9. The number of rotatable bonds is 7. The number of hydrogen-bond donors (Lipinski definition) is 0. The van der Waals surface area contributed by atoms with Gasteiger partial charge in [-0.2, -0.15) is 0 Å². The van der Waals surface area contributed by atoms with E-state index in [0.29, 0.717) is 5.92 Å². The molecule has 0 bridgehead atoms. The van der Waals surface area contributed by atoms with Gasteiger partial charge in [-0.1, -0.05) is 157 Å². The molecule has 2 nitrogen and oxygen atoms in total. The molecular weight excluding hydrogens is 701 g/mol. The fourth-order valence-corrected chi connectivity index (χ4v) is 10.5. The summed E-state index contributed by atoms with van der Waals surface area (Å²) in [5, 5.41) is 2.52. The first kappa shape index (κ1) is 34.4. The van der Waals surface area contributed by atoms with Crippen LogP contribution in [0.5, 0.6) is 0 Å². The molecular formula is C56H44N2. The third-order valence-electron chi connectivity index (χ3n) is 12.9. The van der Waals surface area contributed by atoms with E-state index in [9.17, 15) is 0 Å². The highest BCUT2D eigenvalue weighted by Crippen LogP contribution is 2.61. The molecule has 4 aliphatic carbocycles. The summed E-state index contributed by atoms with van der Waals surface area (Å²) in [6, 6.07) is 57.6. The summed E-state index contributed by atoms with van der Waals surface area (Å²) in [6.07, 6.45) is 27.1. The Morgan fingerprint density at radius 1 is 0.569 bits per heavy atom. The summed E-state index contributed by atoms with van der Waals surface area (Å²) >= 11 is 0. The van der Waals surface area contributed by atoms with Gasteiger partial charge < -0.3 is 9.47 Å². The van der Waals surface area contributed by atoms with E-state index in [1.807, 2.05) is 0 Å². The van der Waals surface area contributed by atoms with Crippen molar-refractivity contribution in [2.24, 2.45) is 11.8 Å². The van der Waals surface area contributed by atoms with Gasteiger partial charge in [0.05, 0.1) is 11.0 Å². The molecule has 0 saturated heterocycles. The number of nitrogens with zero attached hydrogens (tertiary/aromatic N) is 2. The maximum Gasteiger partial charge on any atom is 0.0541 e. The molecule has 11 rings (SSSR count). The Kier molecular flexibility index (Phi) is 8.43. The standard InChI is InChI=1S/C56H44N2/c1-5-17-42(18-6-1)56(43-19-7-2-8-20-43)52-27-15-13-25-48(52)49-36-34-47(35-37-53(49)56)57(44-21-9-3-10-22-44)46-32-29-40(30-33-46)41-31-38-55-51(39-41)50-26-14-16-28-54(50)58(55)45-23-11-4-12-24-45/h1-14,16-19,21-26,28-39,43,53H,15,20,27H2/t43?,53?,56-/m1/s1. The van der Waals surface area contributed by atoms with Crippen molar-refractivity contribution in [3.63, 3.8) is 0 Å². The van der Waals surface area contributed by atoms with Crippen molar-refractivity contribution in [1.29, 1.82) is 0 Å². The molecule has 2 heteroatoms. The van der Waals surface area contributed by atoms with Gasteiger partial charge in [0.2, 0.25) is 0 Å². The quantitative estimate of drug-likeness (QED) is 0.158. The molecule has 3 atom stereocenters. The average Bonchev–Trinajstić information content (AvgIpc) is 3.68. The zero-order chi connectivity index (χ0) is 38.5. The molecule has 0 radical (unpaired) electrons. The molecule has 278 valence electrons. The van der Waals surface area contributed by atoms with Crippen LogP contribution in [0.3, 0.4) is 0 Å². The third kappa shape index (κ3) is 5.47. The lowest BCUT2D eigenvalue weighted by molar-refractivity contribution is 0.321. The first-order valence-electron chi connectivity index (χ1n) is 20.7. The second-order valence-electron chi connectivity index (χ2n) is 15.9. The maximum atomic E-state index is 2.53. The Morgan fingerprint density at radius 2 is 1.28 bits per heavy atom. The van der Waals surface area contributed by atoms with Crippen LogP contribution in [-0.2, 0) is 5.41 Å². The lowest BCUT2D eigenvalue weighted by atomic mass is 9.58. The molecule has 1 aromatic heterocycles. The van der Waals surface area contributed by atoms with E-state index < -0.39 is 0 Å². The van der Waals surface area contributed by atoms with Gasteiger partial charge in [0, 0.05) is 44.9 Å². The van der Waals surface area contributed by atoms with Crippen LogP contribution in [0.2, 0.25) is 0 Å². The number of benzene rings is 6. The highest BCUT2D eigenvalue weighted by Gasteiger charge is 2.54. The van der Waals surface area contributed by atoms with Gasteiger partial charge in [0.1, 0.15) is 0 Å². The molecule has 4 aliphatic rings. The predicted octanol–water partition coefficient (Wildman–Crippen LogP) is 14.3. The van der Waals surface area contributed by atoms with Crippen molar-refractivity contribution >= 4 is 33.2 Å². The molecule has 2 unspecified atom stereocenters. The Hall–Kier alpha value is -6.90. The van der Waals surface area contributed by atoms with Crippen LogP contribution in [0.25, 0.3) is 38.6 Å². The number of para-hydroxylation sites is 3. The fourth-order valence-electron chi connectivity index (χ4n) is 10.5. The lowest BCUT2D eigenvalue weighted by Crippen LogP contribution is -2.41. The van der Waals surface area contributed by atoms with Crippen molar-refractivity contribution in [3.8, 4) is 16.8 Å². The Labute approximate surface area is 341 Å². The van der Waals surface area contributed by atoms with Gasteiger partial charge in [-0.05, 0) is 120 Å². The molecule has 0 aliphatic heterocycles. The van der Waals surface area contributed by atoms with Crippen LogP contribution >= 0.6 is 0 Å². The van der Waals surface area contributed by atoms with Crippen LogP contribution in [-0.4, -0.2) is 4.57 Å². The van der Waals surface area contributed by atoms with E-state index in [1.165, 1.54) is 55.3 Å². The topological polar surface area (TPSA) is 8.17 Å². The highest BCUT2D eigenvalue weighted by atomic mass is 15.1. The van der Waals surface area contributed by atoms with Gasteiger partial charge in [0.25, 0.3) is 0 Å². The number of fused-ring (bicyclic) bond motifs is 5. The first-order valence-corrected chi connectivity index (χ1v) is 20.7. The Balaban J connectivity index is 1.000. The van der Waals surface area contributed by atoms with E-state index >= 15 is 0 Å². The largest absolute Gasteiger partial charge is 0.311 e. The van der Waals surface area contributed by atoms with E-state index in [2.05, 4.69) is 228 Å². The van der Waals surface area contributed by atoms with Gasteiger partial charge in [-0.3, -0.25) is 0 Å². The van der Waals surface area contributed by atoms with Crippen LogP contribution < -0.4 is 4.90 Å². The summed E-state index contributed by atoms with van der Waals surface area (Å²) in [7, 11) is 0. The van der Waals surface area contributed by atoms with Crippen LogP contribution in [0, 0.1) is 11.8 Å². The fraction of sp³-hybridized carbons (Fsp3) is 0.107. The van der Waals surface area contributed by atoms with Crippen molar-refractivity contribution in [2.75, 3.05) is 4.90 Å². The molecule has 58 heavy (non-hydrogen) atoms. The summed E-state index contributed by atoms with van der Waals surface area (Å²) in [4.78, 5) is 2.41. The van der Waals surface area contributed by atoms with E-state index in [-0.39, 0.29) is 11.3 Å². The molecule has 0 spiro atoms. The minimum Gasteiger partial charge on any atom is -0.311 e. The zero-order valence-electron chi connectivity index (χ0n) is 32.5. The van der Waals surface area contributed by atoms with Crippen LogP contribution in [0.4, 0.5) is 11.4 Å². The Bertz CT molecular complexity index is 2900. The predicted molar refractivity (Wildman–Crippen MR) is 244 cm³/mol. The average molecular weight is 745 g/mol. The summed E-state index contributed by atoms with van der Waals surface area (Å²) in [5.74, 6) is 0.575. The smallest absolute Gasteiger partial charge is 0.0541 e. The minimum atomic E-state index is -0.151. The van der Waals surface area contributed by atoms with Gasteiger partial charge in [-0.15, -0.1) is 0 Å². The van der Waals surface area contributed by atoms with Crippen molar-refractivity contribution in [3.05, 3.63) is 246 Å². The molecule has 0 amide bonds. The molecule has 0 fully saturated rings. The second-order valence-corrected chi connectivity index (χ2v) is 15.9. The lowest BCUT2D eigenvalue weighted by Gasteiger charge is -2.44. The zero-order valence-corrected chi connectivity index (χ0v) is 32.5. The number of aromatic nitrogens is 1. The van der Waals surface area contributed by atoms with Crippen molar-refractivity contribution in [2.45, 2.75) is 24.7 Å². The SMILES string of the molecule is C1=CCC([C@]2(c3ccccc3)C3=C(C=CCC3)C3=CC=C(N(c4ccccc4)c4ccc(-c5ccc6c(c5)c5ccccc5n6-c5ccccc5)cc4)C=CC32)C=C1. The summed E-state index contributed by atoms with van der Waals surface area (Å²) in [6.45, 7) is 0. The first-order chi connectivity index (χ1) is 28.8. The summed E-state index contributed by atoms with van der Waals surface area (Å²) < 4.78 is 2.38. The molecule has 0 saturated carbocycles. The van der Waals surface area contributed by atoms with Crippen molar-refractivity contribution < 1.29 is 0 Å². The monoisotopic (exact) mass is 744 g/mol.